The lowest BCUT2D eigenvalue weighted by Crippen LogP contribution is -2.49. The van der Waals surface area contributed by atoms with Crippen LogP contribution in [-0.4, -0.2) is 58.5 Å². The number of carbonyl (C=O) groups is 1. The van der Waals surface area contributed by atoms with Crippen LogP contribution in [0.1, 0.15) is 11.3 Å². The molecule has 31 heavy (non-hydrogen) atoms. The number of pyridine rings is 1. The Kier molecular flexibility index (Phi) is 6.44. The number of hydrogen-bond acceptors (Lipinski definition) is 6. The molecule has 0 spiro atoms. The molecule has 0 aliphatic carbocycles. The molecule has 0 unspecified atom stereocenters. The molecule has 1 amide bonds. The van der Waals surface area contributed by atoms with Crippen molar-refractivity contribution in [2.45, 2.75) is 13.8 Å². The number of nitrogens with one attached hydrogen (secondary N) is 1. The van der Waals surface area contributed by atoms with Crippen LogP contribution in [0.5, 0.6) is 0 Å². The van der Waals surface area contributed by atoms with E-state index in [4.69, 9.17) is 16.6 Å². The molecule has 3 aromatic rings. The molecule has 0 radical (unpaired) electrons. The zero-order chi connectivity index (χ0) is 21.8. The number of halogens is 1. The Bertz CT molecular complexity index is 1050. The lowest BCUT2D eigenvalue weighted by Gasteiger charge is -2.36. The number of nitrogens with zero attached hydrogens (tertiary/aromatic N) is 5. The van der Waals surface area contributed by atoms with E-state index in [1.165, 1.54) is 0 Å². The van der Waals surface area contributed by atoms with Gasteiger partial charge in [0.05, 0.1) is 6.54 Å². The predicted octanol–water partition coefficient (Wildman–Crippen LogP) is 3.57. The first-order valence-electron chi connectivity index (χ1n) is 10.3. The first kappa shape index (κ1) is 21.2. The molecule has 1 aromatic carbocycles. The summed E-state index contributed by atoms with van der Waals surface area (Å²) >= 11 is 5.90. The van der Waals surface area contributed by atoms with Crippen molar-refractivity contribution >= 4 is 29.0 Å². The second-order valence-corrected chi connectivity index (χ2v) is 8.07. The molecule has 1 aliphatic heterocycles. The number of aromatic nitrogens is 3. The molecule has 1 fully saturated rings. The third-order valence-corrected chi connectivity index (χ3v) is 5.72. The van der Waals surface area contributed by atoms with E-state index in [1.54, 1.807) is 36.7 Å². The number of amides is 1. The normalized spacial score (nSPS) is 14.5. The molecule has 0 saturated carbocycles. The summed E-state index contributed by atoms with van der Waals surface area (Å²) in [4.78, 5) is 30.4. The fourth-order valence-corrected chi connectivity index (χ4v) is 3.73. The molecule has 2 aromatic heterocycles. The van der Waals surface area contributed by atoms with Crippen LogP contribution in [0.25, 0.3) is 11.4 Å². The van der Waals surface area contributed by atoms with E-state index >= 15 is 0 Å². The van der Waals surface area contributed by atoms with Gasteiger partial charge in [0.2, 0.25) is 5.91 Å². The fourth-order valence-electron chi connectivity index (χ4n) is 3.61. The Balaban J connectivity index is 1.39. The van der Waals surface area contributed by atoms with Crippen LogP contribution in [0.3, 0.4) is 0 Å². The van der Waals surface area contributed by atoms with E-state index in [0.29, 0.717) is 17.4 Å². The van der Waals surface area contributed by atoms with Crippen LogP contribution in [-0.2, 0) is 4.79 Å². The summed E-state index contributed by atoms with van der Waals surface area (Å²) in [6, 6.07) is 11.0. The summed E-state index contributed by atoms with van der Waals surface area (Å²) in [5, 5.41) is 3.57. The summed E-state index contributed by atoms with van der Waals surface area (Å²) in [6.07, 6.45) is 3.50. The smallest absolute Gasteiger partial charge is 0.238 e. The Morgan fingerprint density at radius 2 is 1.68 bits per heavy atom. The van der Waals surface area contributed by atoms with E-state index in [0.717, 1.165) is 54.5 Å². The van der Waals surface area contributed by atoms with E-state index in [-0.39, 0.29) is 5.91 Å². The van der Waals surface area contributed by atoms with Crippen molar-refractivity contribution in [3.63, 3.8) is 0 Å². The van der Waals surface area contributed by atoms with Crippen molar-refractivity contribution in [1.82, 2.24) is 19.9 Å². The second-order valence-electron chi connectivity index (χ2n) is 7.64. The summed E-state index contributed by atoms with van der Waals surface area (Å²) in [5.74, 6) is 1.65. The number of anilines is 2. The molecule has 0 atom stereocenters. The van der Waals surface area contributed by atoms with Crippen LogP contribution < -0.4 is 10.2 Å². The summed E-state index contributed by atoms with van der Waals surface area (Å²) in [5.41, 5.74) is 3.77. The van der Waals surface area contributed by atoms with Gasteiger partial charge in [-0.1, -0.05) is 11.6 Å². The van der Waals surface area contributed by atoms with Gasteiger partial charge < -0.3 is 10.2 Å². The van der Waals surface area contributed by atoms with Crippen LogP contribution in [0.4, 0.5) is 11.5 Å². The van der Waals surface area contributed by atoms with Crippen LogP contribution in [0.15, 0.2) is 48.8 Å². The van der Waals surface area contributed by atoms with Gasteiger partial charge in [-0.15, -0.1) is 0 Å². The molecule has 3 heterocycles. The maximum absolute atomic E-state index is 12.4. The van der Waals surface area contributed by atoms with Gasteiger partial charge in [0.25, 0.3) is 0 Å². The highest BCUT2D eigenvalue weighted by Crippen LogP contribution is 2.25. The number of aryl methyl sites for hydroxylation is 1. The van der Waals surface area contributed by atoms with E-state index in [2.05, 4.69) is 32.0 Å². The van der Waals surface area contributed by atoms with Gasteiger partial charge in [0, 0.05) is 66.1 Å². The topological polar surface area (TPSA) is 74.2 Å². The lowest BCUT2D eigenvalue weighted by molar-refractivity contribution is -0.117. The predicted molar refractivity (Wildman–Crippen MR) is 123 cm³/mol. The average Bonchev–Trinajstić information content (AvgIpc) is 2.78. The third kappa shape index (κ3) is 5.18. The van der Waals surface area contributed by atoms with Gasteiger partial charge in [0.15, 0.2) is 5.82 Å². The van der Waals surface area contributed by atoms with Crippen molar-refractivity contribution in [3.8, 4) is 11.4 Å². The van der Waals surface area contributed by atoms with Crippen LogP contribution >= 0.6 is 11.6 Å². The van der Waals surface area contributed by atoms with Crippen molar-refractivity contribution in [2.24, 2.45) is 0 Å². The Labute approximate surface area is 187 Å². The summed E-state index contributed by atoms with van der Waals surface area (Å²) < 4.78 is 0. The van der Waals surface area contributed by atoms with Gasteiger partial charge >= 0.3 is 0 Å². The third-order valence-electron chi connectivity index (χ3n) is 5.47. The van der Waals surface area contributed by atoms with E-state index < -0.39 is 0 Å². The van der Waals surface area contributed by atoms with Gasteiger partial charge in [-0.05, 0) is 50.2 Å². The number of carbonyl (C=O) groups excluding carboxylic acids is 1. The molecular weight excluding hydrogens is 412 g/mol. The number of piperazine rings is 1. The fraction of sp³-hybridized carbons (Fsp3) is 0.304. The van der Waals surface area contributed by atoms with Gasteiger partial charge in [0.1, 0.15) is 5.82 Å². The number of rotatable bonds is 5. The van der Waals surface area contributed by atoms with Crippen molar-refractivity contribution in [2.75, 3.05) is 42.9 Å². The van der Waals surface area contributed by atoms with Gasteiger partial charge in [-0.2, -0.15) is 0 Å². The molecule has 1 aliphatic rings. The minimum atomic E-state index is -0.0233. The van der Waals surface area contributed by atoms with Crippen molar-refractivity contribution in [3.05, 3.63) is 65.1 Å². The lowest BCUT2D eigenvalue weighted by atomic mass is 10.2. The van der Waals surface area contributed by atoms with Gasteiger partial charge in [-0.3, -0.25) is 14.7 Å². The first-order chi connectivity index (χ1) is 15.0. The molecule has 0 bridgehead atoms. The molecular formula is C23H25ClN6O. The van der Waals surface area contributed by atoms with Gasteiger partial charge in [-0.25, -0.2) is 9.97 Å². The Hall–Kier alpha value is -3.03. The van der Waals surface area contributed by atoms with Crippen molar-refractivity contribution < 1.29 is 4.79 Å². The zero-order valence-corrected chi connectivity index (χ0v) is 18.4. The molecule has 160 valence electrons. The highest BCUT2D eigenvalue weighted by Gasteiger charge is 2.22. The summed E-state index contributed by atoms with van der Waals surface area (Å²) in [7, 11) is 0. The molecule has 1 N–H and O–H groups in total. The zero-order valence-electron chi connectivity index (χ0n) is 17.7. The summed E-state index contributed by atoms with van der Waals surface area (Å²) in [6.45, 7) is 7.64. The highest BCUT2D eigenvalue weighted by molar-refractivity contribution is 6.30. The quantitative estimate of drug-likeness (QED) is 0.659. The molecule has 1 saturated heterocycles. The number of benzene rings is 1. The molecule has 4 rings (SSSR count). The minimum absolute atomic E-state index is 0.0233. The van der Waals surface area contributed by atoms with Crippen LogP contribution in [0.2, 0.25) is 5.02 Å². The Morgan fingerprint density at radius 3 is 2.35 bits per heavy atom. The minimum Gasteiger partial charge on any atom is -0.354 e. The standard InChI is InChI=1S/C23H25ClN6O/c1-16-17(2)26-22(18-7-9-25-10-8-18)28-23(16)30-13-11-29(12-14-30)15-21(31)27-20-5-3-19(24)4-6-20/h3-10H,11-15H2,1-2H3,(H,27,31). The maximum atomic E-state index is 12.4. The Morgan fingerprint density at radius 1 is 1.00 bits per heavy atom. The largest absolute Gasteiger partial charge is 0.354 e. The van der Waals surface area contributed by atoms with E-state index in [9.17, 15) is 4.79 Å². The monoisotopic (exact) mass is 436 g/mol. The van der Waals surface area contributed by atoms with Crippen LogP contribution in [0, 0.1) is 13.8 Å². The van der Waals surface area contributed by atoms with Crippen molar-refractivity contribution in [1.29, 1.82) is 0 Å². The highest BCUT2D eigenvalue weighted by atomic mass is 35.5. The SMILES string of the molecule is Cc1nc(-c2ccncc2)nc(N2CCN(CC(=O)Nc3ccc(Cl)cc3)CC2)c1C. The number of hydrogen-bond donors (Lipinski definition) is 1. The average molecular weight is 437 g/mol. The second kappa shape index (κ2) is 9.41. The molecule has 7 nitrogen and oxygen atoms in total. The maximum Gasteiger partial charge on any atom is 0.238 e. The molecule has 8 heteroatoms. The van der Waals surface area contributed by atoms with E-state index in [1.807, 2.05) is 19.1 Å². The first-order valence-corrected chi connectivity index (χ1v) is 10.7.